The van der Waals surface area contributed by atoms with Crippen LogP contribution >= 0.6 is 0 Å². The van der Waals surface area contributed by atoms with Gasteiger partial charge in [0.15, 0.2) is 0 Å². The van der Waals surface area contributed by atoms with Gasteiger partial charge in [-0.15, -0.1) is 0 Å². The van der Waals surface area contributed by atoms with Gasteiger partial charge < -0.3 is 9.64 Å². The zero-order chi connectivity index (χ0) is 16.6. The van der Waals surface area contributed by atoms with E-state index in [2.05, 4.69) is 4.72 Å². The molecule has 7 heteroatoms. The van der Waals surface area contributed by atoms with Gasteiger partial charge in [0.25, 0.3) is 5.91 Å². The number of rotatable bonds is 9. The van der Waals surface area contributed by atoms with Crippen LogP contribution in [0.25, 0.3) is 0 Å². The number of hydrogen-bond donors (Lipinski definition) is 1. The van der Waals surface area contributed by atoms with Crippen molar-refractivity contribution >= 4 is 15.9 Å². The van der Waals surface area contributed by atoms with E-state index in [1.807, 2.05) is 13.8 Å². The van der Waals surface area contributed by atoms with Crippen LogP contribution in [0.2, 0.25) is 0 Å². The number of nitrogens with one attached hydrogen (secondary N) is 1. The lowest BCUT2D eigenvalue weighted by atomic mass is 10.2. The number of methoxy groups -OCH3 is 1. The molecule has 1 aromatic rings. The second kappa shape index (κ2) is 8.87. The molecule has 6 nitrogen and oxygen atoms in total. The Hall–Kier alpha value is -1.44. The lowest BCUT2D eigenvalue weighted by molar-refractivity contribution is 0.0773. The number of amides is 1. The summed E-state index contributed by atoms with van der Waals surface area (Å²) in [5, 5.41) is 0. The van der Waals surface area contributed by atoms with Crippen LogP contribution in [0.3, 0.4) is 0 Å². The van der Waals surface area contributed by atoms with Crippen molar-refractivity contribution in [2.75, 3.05) is 33.4 Å². The van der Waals surface area contributed by atoms with Crippen LogP contribution in [0, 0.1) is 0 Å². The second-order valence-corrected chi connectivity index (χ2v) is 6.51. The van der Waals surface area contributed by atoms with Gasteiger partial charge in [-0.05, 0) is 44.5 Å². The molecule has 0 spiro atoms. The summed E-state index contributed by atoms with van der Waals surface area (Å²) in [5.41, 5.74) is 0.488. The average molecular weight is 328 g/mol. The molecule has 1 amide bonds. The quantitative estimate of drug-likeness (QED) is 0.697. The monoisotopic (exact) mass is 328 g/mol. The van der Waals surface area contributed by atoms with E-state index in [1.165, 1.54) is 12.1 Å². The van der Waals surface area contributed by atoms with E-state index in [0.717, 1.165) is 0 Å². The number of carbonyl (C=O) groups excluding carboxylic acids is 1. The summed E-state index contributed by atoms with van der Waals surface area (Å²) < 4.78 is 31.5. The van der Waals surface area contributed by atoms with Gasteiger partial charge in [0.2, 0.25) is 10.0 Å². The van der Waals surface area contributed by atoms with Gasteiger partial charge >= 0.3 is 0 Å². The molecule has 1 N–H and O–H groups in total. The van der Waals surface area contributed by atoms with Crippen molar-refractivity contribution in [3.63, 3.8) is 0 Å². The van der Waals surface area contributed by atoms with Crippen molar-refractivity contribution in [2.45, 2.75) is 25.2 Å². The van der Waals surface area contributed by atoms with Crippen molar-refractivity contribution in [3.8, 4) is 0 Å². The Kier molecular flexibility index (Phi) is 7.50. The third-order valence-corrected chi connectivity index (χ3v) is 4.76. The molecule has 0 heterocycles. The molecule has 1 aromatic carbocycles. The van der Waals surface area contributed by atoms with Crippen LogP contribution in [0.4, 0.5) is 0 Å². The first-order valence-electron chi connectivity index (χ1n) is 7.34. The Morgan fingerprint density at radius 3 is 2.27 bits per heavy atom. The predicted octanol–water partition coefficient (Wildman–Crippen LogP) is 1.48. The Morgan fingerprint density at radius 1 is 1.18 bits per heavy atom. The van der Waals surface area contributed by atoms with Gasteiger partial charge in [-0.1, -0.05) is 0 Å². The van der Waals surface area contributed by atoms with E-state index < -0.39 is 10.0 Å². The summed E-state index contributed by atoms with van der Waals surface area (Å²) >= 11 is 0. The maximum Gasteiger partial charge on any atom is 0.253 e. The Bertz CT molecular complexity index is 566. The van der Waals surface area contributed by atoms with Crippen LogP contribution in [0.5, 0.6) is 0 Å². The van der Waals surface area contributed by atoms with Gasteiger partial charge in [0, 0.05) is 38.9 Å². The largest absolute Gasteiger partial charge is 0.385 e. The smallest absolute Gasteiger partial charge is 0.253 e. The molecule has 0 bridgehead atoms. The van der Waals surface area contributed by atoms with E-state index in [9.17, 15) is 13.2 Å². The summed E-state index contributed by atoms with van der Waals surface area (Å²) in [7, 11) is -1.98. The number of carbonyl (C=O) groups is 1. The fraction of sp³-hybridized carbons (Fsp3) is 0.533. The molecule has 0 aliphatic heterocycles. The summed E-state index contributed by atoms with van der Waals surface area (Å²) in [6.45, 7) is 5.87. The highest BCUT2D eigenvalue weighted by atomic mass is 32.2. The second-order valence-electron chi connectivity index (χ2n) is 4.75. The first-order chi connectivity index (χ1) is 10.5. The molecule has 0 atom stereocenters. The third kappa shape index (κ3) is 5.08. The van der Waals surface area contributed by atoms with Crippen LogP contribution < -0.4 is 4.72 Å². The molecule has 0 radical (unpaired) electrons. The predicted molar refractivity (Wildman–Crippen MR) is 85.4 cm³/mol. The molecule has 0 saturated carbocycles. The molecular weight excluding hydrogens is 304 g/mol. The Labute approximate surface area is 132 Å². The molecule has 0 aliphatic rings. The van der Waals surface area contributed by atoms with E-state index in [-0.39, 0.29) is 10.8 Å². The first-order valence-corrected chi connectivity index (χ1v) is 8.82. The molecule has 0 fully saturated rings. The standard InChI is InChI=1S/C15H24N2O4S/c1-4-17(5-2)15(18)13-7-9-14(10-8-13)22(19,20)16-11-6-12-21-3/h7-10,16H,4-6,11-12H2,1-3H3. The van der Waals surface area contributed by atoms with Gasteiger partial charge in [0.1, 0.15) is 0 Å². The lowest BCUT2D eigenvalue weighted by Crippen LogP contribution is -2.30. The Morgan fingerprint density at radius 2 is 1.77 bits per heavy atom. The molecule has 0 aliphatic carbocycles. The van der Waals surface area contributed by atoms with Crippen LogP contribution in [0.15, 0.2) is 29.2 Å². The minimum atomic E-state index is -3.55. The topological polar surface area (TPSA) is 75.7 Å². The summed E-state index contributed by atoms with van der Waals surface area (Å²) in [5.74, 6) is -0.0954. The van der Waals surface area contributed by atoms with E-state index in [4.69, 9.17) is 4.74 Å². The van der Waals surface area contributed by atoms with Gasteiger partial charge in [0.05, 0.1) is 4.90 Å². The number of hydrogen-bond acceptors (Lipinski definition) is 4. The fourth-order valence-corrected chi connectivity index (χ4v) is 3.05. The zero-order valence-electron chi connectivity index (χ0n) is 13.3. The minimum absolute atomic E-state index is 0.0954. The van der Waals surface area contributed by atoms with E-state index in [1.54, 1.807) is 24.1 Å². The van der Waals surface area contributed by atoms with E-state index >= 15 is 0 Å². The van der Waals surface area contributed by atoms with Crippen LogP contribution in [-0.2, 0) is 14.8 Å². The van der Waals surface area contributed by atoms with Crippen molar-refractivity contribution in [1.82, 2.24) is 9.62 Å². The number of ether oxygens (including phenoxy) is 1. The number of nitrogens with zero attached hydrogens (tertiary/aromatic N) is 1. The SMILES string of the molecule is CCN(CC)C(=O)c1ccc(S(=O)(=O)NCCCOC)cc1. The molecule has 124 valence electrons. The molecule has 0 saturated heterocycles. The summed E-state index contributed by atoms with van der Waals surface area (Å²) in [6, 6.07) is 6.00. The molecule has 22 heavy (non-hydrogen) atoms. The van der Waals surface area contributed by atoms with Crippen molar-refractivity contribution in [3.05, 3.63) is 29.8 Å². The number of sulfonamides is 1. The fourth-order valence-electron chi connectivity index (χ4n) is 1.98. The van der Waals surface area contributed by atoms with Crippen molar-refractivity contribution in [1.29, 1.82) is 0 Å². The molecule has 0 unspecified atom stereocenters. The highest BCUT2D eigenvalue weighted by Gasteiger charge is 2.16. The van der Waals surface area contributed by atoms with Crippen molar-refractivity contribution in [2.24, 2.45) is 0 Å². The molecular formula is C15H24N2O4S. The average Bonchev–Trinajstić information content (AvgIpc) is 2.53. The van der Waals surface area contributed by atoms with Gasteiger partial charge in [-0.3, -0.25) is 4.79 Å². The normalized spacial score (nSPS) is 11.4. The summed E-state index contributed by atoms with van der Waals surface area (Å²) in [6.07, 6.45) is 0.605. The highest BCUT2D eigenvalue weighted by Crippen LogP contribution is 2.12. The zero-order valence-corrected chi connectivity index (χ0v) is 14.1. The summed E-state index contributed by atoms with van der Waals surface area (Å²) in [4.78, 5) is 14.0. The Balaban J connectivity index is 2.77. The highest BCUT2D eigenvalue weighted by molar-refractivity contribution is 7.89. The van der Waals surface area contributed by atoms with Crippen LogP contribution in [0.1, 0.15) is 30.6 Å². The first kappa shape index (κ1) is 18.6. The number of benzene rings is 1. The maximum atomic E-state index is 12.2. The minimum Gasteiger partial charge on any atom is -0.385 e. The van der Waals surface area contributed by atoms with Gasteiger partial charge in [-0.2, -0.15) is 0 Å². The van der Waals surface area contributed by atoms with Gasteiger partial charge in [-0.25, -0.2) is 13.1 Å². The van der Waals surface area contributed by atoms with Crippen LogP contribution in [-0.4, -0.2) is 52.6 Å². The maximum absolute atomic E-state index is 12.2. The van der Waals surface area contributed by atoms with Crippen molar-refractivity contribution < 1.29 is 17.9 Å². The third-order valence-electron chi connectivity index (χ3n) is 3.28. The lowest BCUT2D eigenvalue weighted by Gasteiger charge is -2.18. The molecule has 0 aromatic heterocycles. The van der Waals surface area contributed by atoms with E-state index in [0.29, 0.717) is 38.2 Å². The molecule has 1 rings (SSSR count).